The second-order valence-corrected chi connectivity index (χ2v) is 5.83. The van der Waals surface area contributed by atoms with Crippen LogP contribution >= 0.6 is 0 Å². The number of nitrogens with one attached hydrogen (secondary N) is 1. The Morgan fingerprint density at radius 1 is 0.958 bits per heavy atom. The lowest BCUT2D eigenvalue weighted by Gasteiger charge is -2.13. The van der Waals surface area contributed by atoms with E-state index in [-0.39, 0.29) is 11.9 Å². The van der Waals surface area contributed by atoms with Gasteiger partial charge in [-0.1, -0.05) is 60.7 Å². The van der Waals surface area contributed by atoms with E-state index >= 15 is 0 Å². The second kappa shape index (κ2) is 7.64. The molecule has 0 spiro atoms. The van der Waals surface area contributed by atoms with Gasteiger partial charge < -0.3 is 9.73 Å². The lowest BCUT2D eigenvalue weighted by atomic mass is 10.1. The number of amides is 1. The molecule has 3 rings (SSSR count). The van der Waals surface area contributed by atoms with Crippen molar-refractivity contribution in [1.82, 2.24) is 5.32 Å². The Hall–Kier alpha value is -2.81. The van der Waals surface area contributed by atoms with Gasteiger partial charge in [0.25, 0.3) is 0 Å². The Kier molecular flexibility index (Phi) is 5.12. The molecule has 0 aliphatic heterocycles. The average molecular weight is 319 g/mol. The minimum atomic E-state index is 0.00943. The maximum Gasteiger partial charge on any atom is 0.220 e. The summed E-state index contributed by atoms with van der Waals surface area (Å²) in [5.74, 6) is 1.70. The topological polar surface area (TPSA) is 42.2 Å². The molecule has 3 nitrogen and oxygen atoms in total. The summed E-state index contributed by atoms with van der Waals surface area (Å²) in [4.78, 5) is 12.1. The molecule has 0 fully saturated rings. The molecule has 1 amide bonds. The molecule has 1 atom stereocenters. The van der Waals surface area contributed by atoms with Gasteiger partial charge in [-0.05, 0) is 24.6 Å². The quantitative estimate of drug-likeness (QED) is 0.712. The number of furan rings is 1. The fourth-order valence-electron chi connectivity index (χ4n) is 2.65. The van der Waals surface area contributed by atoms with E-state index in [2.05, 4.69) is 5.32 Å². The van der Waals surface area contributed by atoms with Crippen LogP contribution < -0.4 is 5.32 Å². The fourth-order valence-corrected chi connectivity index (χ4v) is 2.65. The summed E-state index contributed by atoms with van der Waals surface area (Å²) >= 11 is 0. The highest BCUT2D eigenvalue weighted by molar-refractivity contribution is 5.76. The molecular formula is C21H21NO2. The van der Waals surface area contributed by atoms with Crippen LogP contribution in [0.15, 0.2) is 77.2 Å². The van der Waals surface area contributed by atoms with Gasteiger partial charge in [-0.15, -0.1) is 0 Å². The fraction of sp³-hybridized carbons (Fsp3) is 0.190. The summed E-state index contributed by atoms with van der Waals surface area (Å²) in [6.07, 6.45) is 1.01. The first-order chi connectivity index (χ1) is 11.7. The number of aryl methyl sites for hydroxylation is 1. The van der Waals surface area contributed by atoms with E-state index in [1.807, 2.05) is 79.7 Å². The summed E-state index contributed by atoms with van der Waals surface area (Å²) in [7, 11) is 0. The Balaban J connectivity index is 1.53. The highest BCUT2D eigenvalue weighted by Crippen LogP contribution is 2.22. The zero-order valence-electron chi connectivity index (χ0n) is 13.7. The average Bonchev–Trinajstić information content (AvgIpc) is 3.10. The van der Waals surface area contributed by atoms with Gasteiger partial charge in [0.2, 0.25) is 5.91 Å². The van der Waals surface area contributed by atoms with E-state index in [1.165, 1.54) is 0 Å². The SMILES string of the molecule is C[C@H](NC(=O)CCc1ccc(-c2ccccc2)o1)c1ccccc1. The first kappa shape index (κ1) is 16.1. The van der Waals surface area contributed by atoms with Crippen LogP contribution in [0.25, 0.3) is 11.3 Å². The van der Waals surface area contributed by atoms with Gasteiger partial charge in [-0.25, -0.2) is 0 Å². The summed E-state index contributed by atoms with van der Waals surface area (Å²) in [6.45, 7) is 1.99. The number of carbonyl (C=O) groups is 1. The summed E-state index contributed by atoms with van der Waals surface area (Å²) in [5, 5.41) is 3.02. The molecule has 0 radical (unpaired) electrons. The smallest absolute Gasteiger partial charge is 0.220 e. The van der Waals surface area contributed by atoms with Gasteiger partial charge in [0.1, 0.15) is 11.5 Å². The van der Waals surface area contributed by atoms with Crippen molar-refractivity contribution in [2.24, 2.45) is 0 Å². The van der Waals surface area contributed by atoms with Gasteiger partial charge >= 0.3 is 0 Å². The van der Waals surface area contributed by atoms with Crippen LogP contribution in [0, 0.1) is 0 Å². The third-order valence-electron chi connectivity index (χ3n) is 4.00. The van der Waals surface area contributed by atoms with E-state index < -0.39 is 0 Å². The van der Waals surface area contributed by atoms with Crippen molar-refractivity contribution in [2.45, 2.75) is 25.8 Å². The van der Waals surface area contributed by atoms with Crippen molar-refractivity contribution in [3.63, 3.8) is 0 Å². The largest absolute Gasteiger partial charge is 0.461 e. The monoisotopic (exact) mass is 319 g/mol. The first-order valence-electron chi connectivity index (χ1n) is 8.21. The van der Waals surface area contributed by atoms with Gasteiger partial charge in [0.15, 0.2) is 0 Å². The highest BCUT2D eigenvalue weighted by atomic mass is 16.3. The molecule has 2 aromatic carbocycles. The number of benzene rings is 2. The molecule has 0 aliphatic rings. The molecule has 0 bridgehead atoms. The Labute approximate surface area is 142 Å². The van der Waals surface area contributed by atoms with Crippen LogP contribution in [0.1, 0.15) is 30.7 Å². The normalized spacial score (nSPS) is 11.9. The Morgan fingerprint density at radius 2 is 1.62 bits per heavy atom. The van der Waals surface area contributed by atoms with Crippen LogP contribution in [-0.4, -0.2) is 5.91 Å². The number of rotatable bonds is 6. The number of hydrogen-bond donors (Lipinski definition) is 1. The number of hydrogen-bond acceptors (Lipinski definition) is 2. The van der Waals surface area contributed by atoms with Crippen molar-refractivity contribution in [2.75, 3.05) is 0 Å². The van der Waals surface area contributed by atoms with E-state index in [0.29, 0.717) is 12.8 Å². The van der Waals surface area contributed by atoms with Crippen molar-refractivity contribution >= 4 is 5.91 Å². The molecule has 24 heavy (non-hydrogen) atoms. The lowest BCUT2D eigenvalue weighted by Crippen LogP contribution is -2.26. The zero-order chi connectivity index (χ0) is 16.8. The van der Waals surface area contributed by atoms with E-state index in [1.54, 1.807) is 0 Å². The molecule has 1 heterocycles. The van der Waals surface area contributed by atoms with Crippen molar-refractivity contribution in [3.05, 3.63) is 84.1 Å². The van der Waals surface area contributed by atoms with Crippen molar-refractivity contribution in [3.8, 4) is 11.3 Å². The highest BCUT2D eigenvalue weighted by Gasteiger charge is 2.11. The van der Waals surface area contributed by atoms with Crippen molar-refractivity contribution < 1.29 is 9.21 Å². The minimum Gasteiger partial charge on any atom is -0.461 e. The Morgan fingerprint density at radius 3 is 2.33 bits per heavy atom. The molecular weight excluding hydrogens is 298 g/mol. The molecule has 1 N–H and O–H groups in total. The van der Waals surface area contributed by atoms with Gasteiger partial charge in [0.05, 0.1) is 6.04 Å². The van der Waals surface area contributed by atoms with Gasteiger partial charge in [0, 0.05) is 18.4 Å². The molecule has 0 aliphatic carbocycles. The third kappa shape index (κ3) is 4.13. The third-order valence-corrected chi connectivity index (χ3v) is 4.00. The van der Waals surface area contributed by atoms with Gasteiger partial charge in [-0.3, -0.25) is 4.79 Å². The predicted molar refractivity (Wildman–Crippen MR) is 95.5 cm³/mol. The van der Waals surface area contributed by atoms with E-state index in [9.17, 15) is 4.79 Å². The van der Waals surface area contributed by atoms with E-state index in [4.69, 9.17) is 4.42 Å². The number of carbonyl (C=O) groups excluding carboxylic acids is 1. The lowest BCUT2D eigenvalue weighted by molar-refractivity contribution is -0.121. The molecule has 122 valence electrons. The first-order valence-corrected chi connectivity index (χ1v) is 8.21. The molecule has 3 aromatic rings. The maximum absolute atomic E-state index is 12.1. The maximum atomic E-state index is 12.1. The Bertz CT molecular complexity index is 778. The summed E-state index contributed by atoms with van der Waals surface area (Å²) in [6, 6.07) is 23.8. The van der Waals surface area contributed by atoms with E-state index in [0.717, 1.165) is 22.6 Å². The van der Waals surface area contributed by atoms with Crippen LogP contribution in [-0.2, 0) is 11.2 Å². The van der Waals surface area contributed by atoms with Crippen LogP contribution in [0.3, 0.4) is 0 Å². The molecule has 3 heteroatoms. The minimum absolute atomic E-state index is 0.00943. The summed E-state index contributed by atoms with van der Waals surface area (Å²) in [5.41, 5.74) is 2.15. The standard InChI is InChI=1S/C21H21NO2/c1-16(17-8-4-2-5-9-17)22-21(23)15-13-19-12-14-20(24-19)18-10-6-3-7-11-18/h2-12,14,16H,13,15H2,1H3,(H,22,23)/t16-/m0/s1. The zero-order valence-corrected chi connectivity index (χ0v) is 13.7. The predicted octanol–water partition coefficient (Wildman–Crippen LogP) is 4.76. The van der Waals surface area contributed by atoms with Crippen LogP contribution in [0.4, 0.5) is 0 Å². The molecule has 1 aromatic heterocycles. The summed E-state index contributed by atoms with van der Waals surface area (Å²) < 4.78 is 5.83. The van der Waals surface area contributed by atoms with Crippen LogP contribution in [0.5, 0.6) is 0 Å². The van der Waals surface area contributed by atoms with Crippen molar-refractivity contribution in [1.29, 1.82) is 0 Å². The molecule has 0 saturated heterocycles. The second-order valence-electron chi connectivity index (χ2n) is 5.83. The van der Waals surface area contributed by atoms with Crippen LogP contribution in [0.2, 0.25) is 0 Å². The molecule has 0 saturated carbocycles. The molecule has 0 unspecified atom stereocenters. The van der Waals surface area contributed by atoms with Gasteiger partial charge in [-0.2, -0.15) is 0 Å².